The van der Waals surface area contributed by atoms with Gasteiger partial charge in [0, 0.05) is 27.1 Å². The second-order valence-corrected chi connectivity index (χ2v) is 4.39. The van der Waals surface area contributed by atoms with Crippen molar-refractivity contribution >= 4 is 17.8 Å². The van der Waals surface area contributed by atoms with Crippen LogP contribution in [0.2, 0.25) is 0 Å². The molecule has 2 amide bonds. The predicted molar refractivity (Wildman–Crippen MR) is 60.3 cm³/mol. The van der Waals surface area contributed by atoms with Gasteiger partial charge in [0.2, 0.25) is 11.8 Å². The molecule has 0 aromatic rings. The molecular weight excluding hydrogens is 224 g/mol. The normalized spacial score (nSPS) is 19.9. The largest absolute Gasteiger partial charge is 0.481 e. The number of rotatable bonds is 3. The third-order valence-electron chi connectivity index (χ3n) is 3.03. The van der Waals surface area contributed by atoms with Crippen LogP contribution in [-0.2, 0) is 14.4 Å². The highest BCUT2D eigenvalue weighted by molar-refractivity contribution is 5.84. The van der Waals surface area contributed by atoms with E-state index in [4.69, 9.17) is 5.11 Å². The first kappa shape index (κ1) is 13.5. The van der Waals surface area contributed by atoms with Crippen molar-refractivity contribution in [1.82, 2.24) is 9.80 Å². The molecule has 0 spiro atoms. The van der Waals surface area contributed by atoms with Crippen LogP contribution in [0.15, 0.2) is 0 Å². The Kier molecular flexibility index (Phi) is 4.48. The van der Waals surface area contributed by atoms with Gasteiger partial charge in [0.05, 0.1) is 12.5 Å². The van der Waals surface area contributed by atoms with Crippen LogP contribution in [0.3, 0.4) is 0 Å². The van der Waals surface area contributed by atoms with Crippen molar-refractivity contribution in [1.29, 1.82) is 0 Å². The molecule has 96 valence electrons. The number of aliphatic carboxylic acids is 1. The summed E-state index contributed by atoms with van der Waals surface area (Å²) in [6.45, 7) is 2.24. The van der Waals surface area contributed by atoms with Crippen molar-refractivity contribution in [2.75, 3.05) is 26.7 Å². The Bertz CT molecular complexity index is 329. The van der Waals surface area contributed by atoms with Gasteiger partial charge in [-0.15, -0.1) is 0 Å². The maximum absolute atomic E-state index is 11.8. The minimum absolute atomic E-state index is 0.0155. The molecule has 1 aliphatic heterocycles. The van der Waals surface area contributed by atoms with E-state index < -0.39 is 11.9 Å². The summed E-state index contributed by atoms with van der Waals surface area (Å²) < 4.78 is 0. The lowest BCUT2D eigenvalue weighted by molar-refractivity contribution is -0.147. The predicted octanol–water partition coefficient (Wildman–Crippen LogP) is -0.212. The van der Waals surface area contributed by atoms with Crippen LogP contribution < -0.4 is 0 Å². The summed E-state index contributed by atoms with van der Waals surface area (Å²) in [4.78, 5) is 36.5. The summed E-state index contributed by atoms with van der Waals surface area (Å²) in [5, 5.41) is 8.91. The monoisotopic (exact) mass is 242 g/mol. The van der Waals surface area contributed by atoms with E-state index in [9.17, 15) is 14.4 Å². The fraction of sp³-hybridized carbons (Fsp3) is 0.727. The summed E-state index contributed by atoms with van der Waals surface area (Å²) >= 11 is 0. The first-order valence-corrected chi connectivity index (χ1v) is 5.64. The van der Waals surface area contributed by atoms with Crippen molar-refractivity contribution in [2.24, 2.45) is 5.92 Å². The minimum Gasteiger partial charge on any atom is -0.481 e. The van der Waals surface area contributed by atoms with Crippen LogP contribution in [0.4, 0.5) is 0 Å². The van der Waals surface area contributed by atoms with E-state index in [1.807, 2.05) is 0 Å². The molecule has 1 N–H and O–H groups in total. The average molecular weight is 242 g/mol. The van der Waals surface area contributed by atoms with Gasteiger partial charge >= 0.3 is 5.97 Å². The molecular formula is C11H18N2O4. The molecule has 6 nitrogen and oxygen atoms in total. The molecule has 0 aromatic carbocycles. The van der Waals surface area contributed by atoms with Gasteiger partial charge in [-0.05, 0) is 12.8 Å². The molecule has 6 heteroatoms. The highest BCUT2D eigenvalue weighted by Crippen LogP contribution is 2.16. The van der Waals surface area contributed by atoms with Crippen molar-refractivity contribution < 1.29 is 19.5 Å². The van der Waals surface area contributed by atoms with Crippen LogP contribution in [0.5, 0.6) is 0 Å². The maximum Gasteiger partial charge on any atom is 0.308 e. The van der Waals surface area contributed by atoms with Gasteiger partial charge in [-0.2, -0.15) is 0 Å². The summed E-state index contributed by atoms with van der Waals surface area (Å²) in [5.41, 5.74) is 0. The second kappa shape index (κ2) is 5.65. The third-order valence-corrected chi connectivity index (χ3v) is 3.03. The molecule has 0 bridgehead atoms. The maximum atomic E-state index is 11.8. The molecule has 0 aliphatic carbocycles. The zero-order valence-electron chi connectivity index (χ0n) is 10.2. The number of hydrogen-bond donors (Lipinski definition) is 1. The second-order valence-electron chi connectivity index (χ2n) is 4.39. The molecule has 1 saturated heterocycles. The Hall–Kier alpha value is -1.59. The van der Waals surface area contributed by atoms with Crippen molar-refractivity contribution in [3.8, 4) is 0 Å². The molecule has 1 fully saturated rings. The van der Waals surface area contributed by atoms with E-state index in [2.05, 4.69) is 0 Å². The fourth-order valence-electron chi connectivity index (χ4n) is 1.82. The number of hydrogen-bond acceptors (Lipinski definition) is 3. The van der Waals surface area contributed by atoms with E-state index in [-0.39, 0.29) is 24.9 Å². The van der Waals surface area contributed by atoms with Crippen LogP contribution in [-0.4, -0.2) is 59.4 Å². The zero-order chi connectivity index (χ0) is 13.0. The number of carbonyl (C=O) groups is 3. The van der Waals surface area contributed by atoms with E-state index in [0.29, 0.717) is 19.4 Å². The van der Waals surface area contributed by atoms with Gasteiger partial charge in [0.15, 0.2) is 0 Å². The molecule has 0 radical (unpaired) electrons. The van der Waals surface area contributed by atoms with Gasteiger partial charge < -0.3 is 14.9 Å². The van der Waals surface area contributed by atoms with Crippen LogP contribution in [0, 0.1) is 5.92 Å². The van der Waals surface area contributed by atoms with E-state index >= 15 is 0 Å². The smallest absolute Gasteiger partial charge is 0.308 e. The van der Waals surface area contributed by atoms with Crippen molar-refractivity contribution in [2.45, 2.75) is 19.8 Å². The molecule has 0 saturated carbocycles. The molecule has 1 aliphatic rings. The Morgan fingerprint density at radius 3 is 2.59 bits per heavy atom. The summed E-state index contributed by atoms with van der Waals surface area (Å²) in [6, 6.07) is 0. The lowest BCUT2D eigenvalue weighted by Gasteiger charge is -2.31. The van der Waals surface area contributed by atoms with Gasteiger partial charge in [0.1, 0.15) is 0 Å². The average Bonchev–Trinajstić information content (AvgIpc) is 2.28. The quantitative estimate of drug-likeness (QED) is 0.742. The topological polar surface area (TPSA) is 77.9 Å². The first-order valence-electron chi connectivity index (χ1n) is 5.64. The Morgan fingerprint density at radius 1 is 1.41 bits per heavy atom. The standard InChI is InChI=1S/C11H18N2O4/c1-8(14)12(2)7-10(15)13-5-3-4-9(6-13)11(16)17/h9H,3-7H2,1-2H3,(H,16,17)/t9-/m1/s1. The van der Waals surface area contributed by atoms with E-state index in [1.54, 1.807) is 7.05 Å². The number of amides is 2. The number of carbonyl (C=O) groups excluding carboxylic acids is 2. The van der Waals surface area contributed by atoms with Crippen molar-refractivity contribution in [3.63, 3.8) is 0 Å². The highest BCUT2D eigenvalue weighted by Gasteiger charge is 2.28. The number of likely N-dealkylation sites (tertiary alicyclic amines) is 1. The molecule has 1 heterocycles. The lowest BCUT2D eigenvalue weighted by atomic mass is 9.98. The number of nitrogens with zero attached hydrogens (tertiary/aromatic N) is 2. The van der Waals surface area contributed by atoms with Crippen LogP contribution in [0.25, 0.3) is 0 Å². The summed E-state index contributed by atoms with van der Waals surface area (Å²) in [5.74, 6) is -1.70. The van der Waals surface area contributed by atoms with E-state index in [0.717, 1.165) is 0 Å². The number of piperidine rings is 1. The van der Waals surface area contributed by atoms with Crippen LogP contribution >= 0.6 is 0 Å². The molecule has 17 heavy (non-hydrogen) atoms. The highest BCUT2D eigenvalue weighted by atomic mass is 16.4. The summed E-state index contributed by atoms with van der Waals surface area (Å²) in [7, 11) is 1.55. The first-order chi connectivity index (χ1) is 7.91. The minimum atomic E-state index is -0.859. The fourth-order valence-corrected chi connectivity index (χ4v) is 1.82. The molecule has 1 rings (SSSR count). The third kappa shape index (κ3) is 3.72. The molecule has 0 aromatic heterocycles. The SMILES string of the molecule is CC(=O)N(C)CC(=O)N1CCC[C@@H](C(=O)O)C1. The lowest BCUT2D eigenvalue weighted by Crippen LogP contribution is -2.46. The summed E-state index contributed by atoms with van der Waals surface area (Å²) in [6.07, 6.45) is 1.31. The van der Waals surface area contributed by atoms with Gasteiger partial charge in [-0.3, -0.25) is 14.4 Å². The Labute approximate surface area is 100 Å². The van der Waals surface area contributed by atoms with E-state index in [1.165, 1.54) is 16.7 Å². The number of carboxylic acids is 1. The molecule has 0 unspecified atom stereocenters. The van der Waals surface area contributed by atoms with Gasteiger partial charge in [0.25, 0.3) is 0 Å². The van der Waals surface area contributed by atoms with Crippen molar-refractivity contribution in [3.05, 3.63) is 0 Å². The Balaban J connectivity index is 2.52. The van der Waals surface area contributed by atoms with Gasteiger partial charge in [-0.1, -0.05) is 0 Å². The zero-order valence-corrected chi connectivity index (χ0v) is 10.2. The number of carboxylic acid groups (broad SMARTS) is 1. The number of likely N-dealkylation sites (N-methyl/N-ethyl adjacent to an activating group) is 1. The Morgan fingerprint density at radius 2 is 2.06 bits per heavy atom. The molecule has 1 atom stereocenters. The van der Waals surface area contributed by atoms with Crippen LogP contribution in [0.1, 0.15) is 19.8 Å². The van der Waals surface area contributed by atoms with Gasteiger partial charge in [-0.25, -0.2) is 0 Å².